The van der Waals surface area contributed by atoms with Crippen molar-refractivity contribution in [3.63, 3.8) is 0 Å². The Morgan fingerprint density at radius 2 is 1.98 bits per heavy atom. The Kier molecular flexibility index (Phi) is 8.46. The van der Waals surface area contributed by atoms with Crippen molar-refractivity contribution in [1.82, 2.24) is 20.0 Å². The lowest BCUT2D eigenvalue weighted by Crippen LogP contribution is -2.44. The SMILES string of the molecule is COc1cc2c(cc1OCCCN1CCN(C)CC1)NCN(c1cccc(F)c1)C2=Nc1cc(CC(N)=O)[nH]n1. The van der Waals surface area contributed by atoms with Crippen molar-refractivity contribution in [1.29, 1.82) is 0 Å². The van der Waals surface area contributed by atoms with Crippen LogP contribution in [0.15, 0.2) is 47.5 Å². The van der Waals surface area contributed by atoms with Crippen LogP contribution in [0, 0.1) is 5.82 Å². The van der Waals surface area contributed by atoms with Gasteiger partial charge in [-0.25, -0.2) is 9.38 Å². The second kappa shape index (κ2) is 12.3. The predicted octanol–water partition coefficient (Wildman–Crippen LogP) is 2.57. The van der Waals surface area contributed by atoms with Gasteiger partial charge >= 0.3 is 0 Å². The summed E-state index contributed by atoms with van der Waals surface area (Å²) in [5, 5.41) is 10.4. The monoisotopic (exact) mass is 550 g/mol. The number of carbonyl (C=O) groups excluding carboxylic acids is 1. The molecule has 1 amide bonds. The van der Waals surface area contributed by atoms with Gasteiger partial charge in [0.2, 0.25) is 5.91 Å². The van der Waals surface area contributed by atoms with E-state index >= 15 is 0 Å². The predicted molar refractivity (Wildman–Crippen MR) is 152 cm³/mol. The standard InChI is InChI=1S/C28H35FN8O3/c1-35-8-10-36(11-9-35)7-4-12-40-25-17-23-22(16-24(25)39-2)28(32-27-15-20(33-34-27)14-26(30)38)37(18-31-23)21-6-3-5-19(29)13-21/h3,5-6,13,15-17,31H,4,7-12,14,18H2,1-2H3,(H2,30,38)(H,33,34). The molecule has 0 saturated carbocycles. The van der Waals surface area contributed by atoms with Gasteiger partial charge in [0.1, 0.15) is 11.7 Å². The van der Waals surface area contributed by atoms with Crippen molar-refractivity contribution in [2.24, 2.45) is 10.7 Å². The van der Waals surface area contributed by atoms with Crippen molar-refractivity contribution in [2.75, 3.05) is 70.4 Å². The summed E-state index contributed by atoms with van der Waals surface area (Å²) in [6.07, 6.45) is 0.928. The number of hydrogen-bond acceptors (Lipinski definition) is 8. The number of nitrogens with one attached hydrogen (secondary N) is 2. The van der Waals surface area contributed by atoms with Gasteiger partial charge in [0.05, 0.1) is 32.5 Å². The van der Waals surface area contributed by atoms with E-state index in [1.54, 1.807) is 19.2 Å². The third kappa shape index (κ3) is 6.52. The van der Waals surface area contributed by atoms with Crippen LogP contribution in [0.25, 0.3) is 0 Å². The number of primary amides is 1. The average molecular weight is 551 g/mol. The van der Waals surface area contributed by atoms with Crippen LogP contribution in [0.5, 0.6) is 11.5 Å². The van der Waals surface area contributed by atoms with E-state index in [4.69, 9.17) is 20.2 Å². The maximum absolute atomic E-state index is 14.2. The number of ether oxygens (including phenoxy) is 2. The molecule has 0 spiro atoms. The minimum Gasteiger partial charge on any atom is -0.493 e. The number of nitrogens with zero attached hydrogens (tertiary/aromatic N) is 5. The van der Waals surface area contributed by atoms with Crippen LogP contribution < -0.4 is 25.4 Å². The number of carbonyl (C=O) groups is 1. The molecule has 1 saturated heterocycles. The molecule has 11 nitrogen and oxygen atoms in total. The maximum Gasteiger partial charge on any atom is 0.223 e. The summed E-state index contributed by atoms with van der Waals surface area (Å²) in [7, 11) is 3.75. The highest BCUT2D eigenvalue weighted by atomic mass is 19.1. The van der Waals surface area contributed by atoms with Gasteiger partial charge < -0.3 is 35.2 Å². The largest absolute Gasteiger partial charge is 0.493 e. The fourth-order valence-corrected chi connectivity index (χ4v) is 4.86. The van der Waals surface area contributed by atoms with Gasteiger partial charge in [0, 0.05) is 61.8 Å². The van der Waals surface area contributed by atoms with Gasteiger partial charge in [0.25, 0.3) is 0 Å². The van der Waals surface area contributed by atoms with Crippen molar-refractivity contribution >= 4 is 28.9 Å². The molecule has 3 heterocycles. The van der Waals surface area contributed by atoms with E-state index in [0.29, 0.717) is 47.8 Å². The molecule has 0 unspecified atom stereocenters. The van der Waals surface area contributed by atoms with E-state index in [2.05, 4.69) is 32.4 Å². The van der Waals surface area contributed by atoms with Gasteiger partial charge in [0.15, 0.2) is 17.3 Å². The molecule has 2 aliphatic heterocycles. The molecular formula is C28H35FN8O3. The third-order valence-corrected chi connectivity index (χ3v) is 7.02. The highest BCUT2D eigenvalue weighted by molar-refractivity contribution is 6.16. The Morgan fingerprint density at radius 1 is 1.15 bits per heavy atom. The quantitative estimate of drug-likeness (QED) is 0.329. The minimum absolute atomic E-state index is 0.0208. The van der Waals surface area contributed by atoms with Crippen molar-refractivity contribution in [3.05, 3.63) is 59.5 Å². The summed E-state index contributed by atoms with van der Waals surface area (Å²) in [5.74, 6) is 1.26. The summed E-state index contributed by atoms with van der Waals surface area (Å²) in [5.41, 5.74) is 8.03. The van der Waals surface area contributed by atoms with Crippen LogP contribution >= 0.6 is 0 Å². The molecule has 1 fully saturated rings. The van der Waals surface area contributed by atoms with E-state index in [9.17, 15) is 9.18 Å². The zero-order chi connectivity index (χ0) is 28.1. The number of rotatable bonds is 10. The Morgan fingerprint density at radius 3 is 2.73 bits per heavy atom. The fourth-order valence-electron chi connectivity index (χ4n) is 4.86. The van der Waals surface area contributed by atoms with Gasteiger partial charge in [-0.1, -0.05) is 6.07 Å². The summed E-state index contributed by atoms with van der Waals surface area (Å²) < 4.78 is 26.0. The van der Waals surface area contributed by atoms with Crippen LogP contribution in [-0.4, -0.2) is 91.9 Å². The molecule has 3 aromatic rings. The van der Waals surface area contributed by atoms with Crippen LogP contribution in [0.4, 0.5) is 21.6 Å². The number of H-pyrrole nitrogens is 1. The van der Waals surface area contributed by atoms with E-state index < -0.39 is 5.91 Å². The Bertz CT molecular complexity index is 1370. The lowest BCUT2D eigenvalue weighted by molar-refractivity contribution is -0.117. The van der Waals surface area contributed by atoms with Crippen molar-refractivity contribution in [2.45, 2.75) is 12.8 Å². The number of anilines is 2. The first-order chi connectivity index (χ1) is 19.4. The number of amides is 1. The number of aromatic nitrogens is 2. The lowest BCUT2D eigenvalue weighted by atomic mass is 10.1. The molecule has 12 heteroatoms. The number of nitrogens with two attached hydrogens (primary N) is 1. The second-order valence-corrected chi connectivity index (χ2v) is 9.97. The molecular weight excluding hydrogens is 515 g/mol. The number of halogens is 1. The second-order valence-electron chi connectivity index (χ2n) is 9.97. The van der Waals surface area contributed by atoms with Gasteiger partial charge in [-0.15, -0.1) is 0 Å². The van der Waals surface area contributed by atoms with Gasteiger partial charge in [-0.2, -0.15) is 5.10 Å². The molecule has 2 aliphatic rings. The summed E-state index contributed by atoms with van der Waals surface area (Å²) in [6, 6.07) is 11.7. The number of hydrogen-bond donors (Lipinski definition) is 3. The van der Waals surface area contributed by atoms with E-state index in [-0.39, 0.29) is 12.2 Å². The Hall–Kier alpha value is -4.16. The van der Waals surface area contributed by atoms with E-state index in [1.165, 1.54) is 12.1 Å². The summed E-state index contributed by atoms with van der Waals surface area (Å²) in [6.45, 7) is 6.22. The number of aliphatic imine (C=N–C) groups is 1. The maximum atomic E-state index is 14.2. The first-order valence-corrected chi connectivity index (χ1v) is 13.3. The molecule has 1 aromatic heterocycles. The van der Waals surface area contributed by atoms with Crippen molar-refractivity contribution < 1.29 is 18.7 Å². The fraction of sp³-hybridized carbons (Fsp3) is 0.393. The van der Waals surface area contributed by atoms with E-state index in [0.717, 1.165) is 50.4 Å². The molecule has 2 aromatic carbocycles. The topological polar surface area (TPSA) is 124 Å². The van der Waals surface area contributed by atoms with Crippen LogP contribution in [-0.2, 0) is 11.2 Å². The number of methoxy groups -OCH3 is 1. The normalized spacial score (nSPS) is 17.0. The molecule has 4 N–H and O–H groups in total. The molecule has 0 radical (unpaired) electrons. The Labute approximate surface area is 232 Å². The molecule has 5 rings (SSSR count). The molecule has 0 aliphatic carbocycles. The molecule has 0 bridgehead atoms. The average Bonchev–Trinajstić information content (AvgIpc) is 3.37. The highest BCUT2D eigenvalue weighted by Gasteiger charge is 2.27. The number of fused-ring (bicyclic) bond motifs is 1. The van der Waals surface area contributed by atoms with E-state index in [1.807, 2.05) is 23.1 Å². The highest BCUT2D eigenvalue weighted by Crippen LogP contribution is 2.38. The number of amidine groups is 1. The summed E-state index contributed by atoms with van der Waals surface area (Å²) in [4.78, 5) is 22.8. The number of likely N-dealkylation sites (N-methyl/N-ethyl adjacent to an activating group) is 1. The third-order valence-electron chi connectivity index (χ3n) is 7.02. The zero-order valence-corrected chi connectivity index (χ0v) is 22.8. The van der Waals surface area contributed by atoms with Crippen LogP contribution in [0.3, 0.4) is 0 Å². The number of piperazine rings is 1. The minimum atomic E-state index is -0.475. The first-order valence-electron chi connectivity index (χ1n) is 13.3. The van der Waals surface area contributed by atoms with Gasteiger partial charge in [-0.3, -0.25) is 9.89 Å². The van der Waals surface area contributed by atoms with Crippen molar-refractivity contribution in [3.8, 4) is 11.5 Å². The first kappa shape index (κ1) is 27.4. The Balaban J connectivity index is 1.40. The molecule has 40 heavy (non-hydrogen) atoms. The smallest absolute Gasteiger partial charge is 0.223 e. The van der Waals surface area contributed by atoms with Gasteiger partial charge in [-0.05, 0) is 37.7 Å². The lowest BCUT2D eigenvalue weighted by Gasteiger charge is -2.33. The van der Waals surface area contributed by atoms with Crippen LogP contribution in [0.2, 0.25) is 0 Å². The van der Waals surface area contributed by atoms with Crippen LogP contribution in [0.1, 0.15) is 17.7 Å². The molecule has 0 atom stereocenters. The molecule has 212 valence electrons. The number of aromatic amines is 1. The summed E-state index contributed by atoms with van der Waals surface area (Å²) >= 11 is 0. The zero-order valence-electron chi connectivity index (χ0n) is 22.8. The number of benzene rings is 2.